The average Bonchev–Trinajstić information content (AvgIpc) is 2.40. The molecular formula is C13H12F3N3O2. The van der Waals surface area contributed by atoms with Crippen molar-refractivity contribution in [2.24, 2.45) is 0 Å². The first-order valence-electron chi connectivity index (χ1n) is 5.81. The lowest BCUT2D eigenvalue weighted by atomic mass is 10.3. The van der Waals surface area contributed by atoms with Crippen molar-refractivity contribution in [2.75, 3.05) is 18.2 Å². The number of alkyl halides is 3. The van der Waals surface area contributed by atoms with Crippen molar-refractivity contribution in [3.8, 4) is 11.6 Å². The van der Waals surface area contributed by atoms with Gasteiger partial charge in [-0.15, -0.1) is 13.2 Å². The Morgan fingerprint density at radius 1 is 1.19 bits per heavy atom. The van der Waals surface area contributed by atoms with Crippen LogP contribution < -0.4 is 20.5 Å². The van der Waals surface area contributed by atoms with Crippen LogP contribution in [-0.2, 0) is 0 Å². The summed E-state index contributed by atoms with van der Waals surface area (Å²) >= 11 is 0. The van der Waals surface area contributed by atoms with Crippen molar-refractivity contribution in [1.29, 1.82) is 0 Å². The van der Waals surface area contributed by atoms with Crippen LogP contribution >= 0.6 is 0 Å². The number of hydrogen-bond donors (Lipinski definition) is 2. The van der Waals surface area contributed by atoms with E-state index in [0.717, 1.165) is 0 Å². The minimum absolute atomic E-state index is 0.276. The van der Waals surface area contributed by atoms with E-state index >= 15 is 0 Å². The highest BCUT2D eigenvalue weighted by atomic mass is 19.4. The van der Waals surface area contributed by atoms with Gasteiger partial charge in [0.1, 0.15) is 5.75 Å². The molecule has 21 heavy (non-hydrogen) atoms. The fourth-order valence-electron chi connectivity index (χ4n) is 1.57. The van der Waals surface area contributed by atoms with Crippen LogP contribution in [0.3, 0.4) is 0 Å². The van der Waals surface area contributed by atoms with Gasteiger partial charge in [-0.25, -0.2) is 0 Å². The lowest BCUT2D eigenvalue weighted by Crippen LogP contribution is -2.17. The van der Waals surface area contributed by atoms with Crippen molar-refractivity contribution in [3.63, 3.8) is 0 Å². The first kappa shape index (κ1) is 14.8. The van der Waals surface area contributed by atoms with E-state index in [1.54, 1.807) is 18.2 Å². The molecule has 2 rings (SSSR count). The number of nitrogens with one attached hydrogen (secondary N) is 1. The minimum atomic E-state index is -4.74. The number of anilines is 3. The largest absolute Gasteiger partial charge is 0.573 e. The van der Waals surface area contributed by atoms with Crippen molar-refractivity contribution < 1.29 is 22.6 Å². The van der Waals surface area contributed by atoms with Gasteiger partial charge in [-0.3, -0.25) is 0 Å². The molecule has 3 N–H and O–H groups in total. The molecule has 5 nitrogen and oxygen atoms in total. The van der Waals surface area contributed by atoms with Crippen LogP contribution in [0.5, 0.6) is 11.6 Å². The van der Waals surface area contributed by atoms with Crippen LogP contribution in [-0.4, -0.2) is 18.5 Å². The number of nitrogens with zero attached hydrogens (tertiary/aromatic N) is 1. The van der Waals surface area contributed by atoms with Gasteiger partial charge in [-0.2, -0.15) is 4.98 Å². The molecule has 1 aromatic heterocycles. The predicted octanol–water partition coefficient (Wildman–Crippen LogP) is 3.31. The van der Waals surface area contributed by atoms with E-state index in [1.165, 1.54) is 25.3 Å². The van der Waals surface area contributed by atoms with Crippen molar-refractivity contribution in [2.45, 2.75) is 6.36 Å². The standard InChI is InChI=1S/C13H12F3N3O2/c1-20-11-6-5-10(17)12(19-11)18-8-3-2-4-9(7-8)21-13(14,15)16/h2-7H,17H2,1H3,(H,18,19). The summed E-state index contributed by atoms with van der Waals surface area (Å²) in [6.07, 6.45) is -4.74. The summed E-state index contributed by atoms with van der Waals surface area (Å²) in [7, 11) is 1.44. The molecule has 0 aliphatic carbocycles. The van der Waals surface area contributed by atoms with Gasteiger partial charge in [0.2, 0.25) is 5.88 Å². The Morgan fingerprint density at radius 3 is 2.62 bits per heavy atom. The summed E-state index contributed by atoms with van der Waals surface area (Å²) in [5, 5.41) is 2.81. The van der Waals surface area contributed by atoms with E-state index < -0.39 is 6.36 Å². The zero-order valence-electron chi connectivity index (χ0n) is 10.9. The van der Waals surface area contributed by atoms with E-state index in [4.69, 9.17) is 10.5 Å². The molecule has 0 aliphatic heterocycles. The Bertz CT molecular complexity index is 632. The molecule has 0 saturated carbocycles. The molecular weight excluding hydrogens is 287 g/mol. The second-order valence-corrected chi connectivity index (χ2v) is 3.99. The Balaban J connectivity index is 2.22. The highest BCUT2D eigenvalue weighted by molar-refractivity contribution is 5.69. The normalized spacial score (nSPS) is 11.0. The molecule has 0 unspecified atom stereocenters. The lowest BCUT2D eigenvalue weighted by molar-refractivity contribution is -0.274. The lowest BCUT2D eigenvalue weighted by Gasteiger charge is -2.12. The maximum absolute atomic E-state index is 12.2. The number of hydrogen-bond acceptors (Lipinski definition) is 5. The number of ether oxygens (including phenoxy) is 2. The van der Waals surface area contributed by atoms with Crippen LogP contribution in [0.1, 0.15) is 0 Å². The van der Waals surface area contributed by atoms with E-state index in [2.05, 4.69) is 15.0 Å². The molecule has 0 atom stereocenters. The third-order valence-electron chi connectivity index (χ3n) is 2.44. The van der Waals surface area contributed by atoms with Gasteiger partial charge in [-0.1, -0.05) is 6.07 Å². The summed E-state index contributed by atoms with van der Waals surface area (Å²) in [5.41, 5.74) is 6.42. The van der Waals surface area contributed by atoms with Crippen LogP contribution in [0.2, 0.25) is 0 Å². The van der Waals surface area contributed by atoms with Crippen LogP contribution in [0.4, 0.5) is 30.4 Å². The van der Waals surface area contributed by atoms with Gasteiger partial charge < -0.3 is 20.5 Å². The van der Waals surface area contributed by atoms with Crippen LogP contribution in [0.25, 0.3) is 0 Å². The quantitative estimate of drug-likeness (QED) is 0.906. The van der Waals surface area contributed by atoms with Crippen LogP contribution in [0, 0.1) is 0 Å². The number of aromatic nitrogens is 1. The smallest absolute Gasteiger partial charge is 0.481 e. The third-order valence-corrected chi connectivity index (χ3v) is 2.44. The molecule has 112 valence electrons. The van der Waals surface area contributed by atoms with E-state index in [1.807, 2.05) is 0 Å². The average molecular weight is 299 g/mol. The van der Waals surface area contributed by atoms with Gasteiger partial charge in [-0.05, 0) is 18.2 Å². The van der Waals surface area contributed by atoms with E-state index in [9.17, 15) is 13.2 Å². The van der Waals surface area contributed by atoms with Crippen molar-refractivity contribution in [1.82, 2.24) is 4.98 Å². The zero-order valence-corrected chi connectivity index (χ0v) is 10.9. The summed E-state index contributed by atoms with van der Waals surface area (Å²) in [5.74, 6) is 0.266. The number of methoxy groups -OCH3 is 1. The van der Waals surface area contributed by atoms with Gasteiger partial charge in [0.05, 0.1) is 12.8 Å². The molecule has 0 radical (unpaired) electrons. The molecule has 0 bridgehead atoms. The summed E-state index contributed by atoms with van der Waals surface area (Å²) in [6, 6.07) is 8.51. The van der Waals surface area contributed by atoms with Gasteiger partial charge in [0.15, 0.2) is 5.82 Å². The summed E-state index contributed by atoms with van der Waals surface area (Å²) < 4.78 is 45.3. The van der Waals surface area contributed by atoms with Gasteiger partial charge in [0.25, 0.3) is 0 Å². The Labute approximate surface area is 118 Å². The topological polar surface area (TPSA) is 69.4 Å². The Hall–Kier alpha value is -2.64. The molecule has 0 amide bonds. The Morgan fingerprint density at radius 2 is 1.95 bits per heavy atom. The van der Waals surface area contributed by atoms with Gasteiger partial charge >= 0.3 is 6.36 Å². The first-order chi connectivity index (χ1) is 9.87. The summed E-state index contributed by atoms with van der Waals surface area (Å²) in [6.45, 7) is 0. The molecule has 0 aliphatic rings. The zero-order chi connectivity index (χ0) is 15.5. The van der Waals surface area contributed by atoms with E-state index in [0.29, 0.717) is 17.3 Å². The number of nitrogen functional groups attached to an aromatic ring is 1. The highest BCUT2D eigenvalue weighted by Crippen LogP contribution is 2.28. The maximum atomic E-state index is 12.2. The number of halogens is 3. The molecule has 1 aromatic carbocycles. The predicted molar refractivity (Wildman–Crippen MR) is 71.6 cm³/mol. The number of pyridine rings is 1. The molecule has 8 heteroatoms. The minimum Gasteiger partial charge on any atom is -0.481 e. The second kappa shape index (κ2) is 5.78. The third kappa shape index (κ3) is 4.16. The van der Waals surface area contributed by atoms with Crippen molar-refractivity contribution in [3.05, 3.63) is 36.4 Å². The number of benzene rings is 1. The highest BCUT2D eigenvalue weighted by Gasteiger charge is 2.31. The van der Waals surface area contributed by atoms with Crippen molar-refractivity contribution >= 4 is 17.2 Å². The van der Waals surface area contributed by atoms with Crippen LogP contribution in [0.15, 0.2) is 36.4 Å². The molecule has 0 fully saturated rings. The van der Waals surface area contributed by atoms with Gasteiger partial charge in [0, 0.05) is 17.8 Å². The molecule has 0 spiro atoms. The Kier molecular flexibility index (Phi) is 4.06. The molecule has 0 saturated heterocycles. The summed E-state index contributed by atoms with van der Waals surface area (Å²) in [4.78, 5) is 4.07. The fourth-order valence-corrected chi connectivity index (χ4v) is 1.57. The number of rotatable bonds is 4. The first-order valence-corrected chi connectivity index (χ1v) is 5.81. The van der Waals surface area contributed by atoms with E-state index in [-0.39, 0.29) is 11.6 Å². The number of nitrogens with two attached hydrogens (primary N) is 1. The SMILES string of the molecule is COc1ccc(N)c(Nc2cccc(OC(F)(F)F)c2)n1. The monoisotopic (exact) mass is 299 g/mol. The molecule has 2 aromatic rings. The fraction of sp³-hybridized carbons (Fsp3) is 0.154. The second-order valence-electron chi connectivity index (χ2n) is 3.99. The molecule has 1 heterocycles. The maximum Gasteiger partial charge on any atom is 0.573 e.